The third kappa shape index (κ3) is 9.32. The fourth-order valence-corrected chi connectivity index (χ4v) is 8.80. The van der Waals surface area contributed by atoms with Crippen LogP contribution >= 0.6 is 7.60 Å². The van der Waals surface area contributed by atoms with Gasteiger partial charge in [-0.05, 0) is 39.0 Å². The van der Waals surface area contributed by atoms with Gasteiger partial charge in [0, 0.05) is 21.8 Å². The Morgan fingerprint density at radius 3 is 2.51 bits per heavy atom. The lowest BCUT2D eigenvalue weighted by atomic mass is 10.1. The molecule has 1 unspecified atom stereocenters. The predicted octanol–water partition coefficient (Wildman–Crippen LogP) is 2.68. The first-order valence-electron chi connectivity index (χ1n) is 17.1. The smallest absolute Gasteiger partial charge is 0.390 e. The van der Waals surface area contributed by atoms with Crippen molar-refractivity contribution in [2.45, 2.75) is 102 Å². The molecule has 53 heavy (non-hydrogen) atoms. The zero-order chi connectivity index (χ0) is 38.6. The number of ether oxygens (including phenoxy) is 7. The van der Waals surface area contributed by atoms with Gasteiger partial charge in [0.25, 0.3) is 0 Å². The van der Waals surface area contributed by atoms with Gasteiger partial charge in [-0.15, -0.1) is 15.0 Å². The Morgan fingerprint density at radius 2 is 1.87 bits per heavy atom. The van der Waals surface area contributed by atoms with Crippen LogP contribution in [-0.2, 0) is 55.2 Å². The van der Waals surface area contributed by atoms with Crippen LogP contribution in [0.4, 0.5) is 4.79 Å². The highest BCUT2D eigenvalue weighted by molar-refractivity contribution is 7.55. The Balaban J connectivity index is 1.45. The SMILES string of the molecule is CCOP(=O)(OCC)[C@@](COC)(Cc1nnn(COCC[Si](C)(C)C)n1)OCC1O[C@@H](n2ncc3c(OC(N)=O)nc(C=O)nc32)[C@@H]2OC(C)(C)O[C@H]12. The average molecular weight is 786 g/mol. The maximum atomic E-state index is 14.7. The van der Waals surface area contributed by atoms with Gasteiger partial charge in [-0.2, -0.15) is 10.1 Å². The molecule has 2 aliphatic heterocycles. The highest BCUT2D eigenvalue weighted by atomic mass is 31.2. The molecule has 5 atom stereocenters. The van der Waals surface area contributed by atoms with Crippen molar-refractivity contribution in [1.82, 2.24) is 40.0 Å². The predicted molar refractivity (Wildman–Crippen MR) is 186 cm³/mol. The number of carbonyl (C=O) groups is 2. The zero-order valence-corrected chi connectivity index (χ0v) is 33.0. The van der Waals surface area contributed by atoms with E-state index >= 15 is 0 Å². The summed E-state index contributed by atoms with van der Waals surface area (Å²) in [4.78, 5) is 32.8. The third-order valence-corrected chi connectivity index (χ3v) is 12.5. The number of methoxy groups -OCH3 is 1. The molecule has 1 amide bonds. The number of rotatable bonds is 20. The molecule has 2 saturated heterocycles. The number of fused-ring (bicyclic) bond motifs is 2. The van der Waals surface area contributed by atoms with E-state index in [1.165, 1.54) is 22.8 Å². The first-order valence-corrected chi connectivity index (χ1v) is 22.4. The summed E-state index contributed by atoms with van der Waals surface area (Å²) in [5.74, 6) is -1.42. The highest BCUT2D eigenvalue weighted by Gasteiger charge is 2.59. The molecule has 21 nitrogen and oxygen atoms in total. The van der Waals surface area contributed by atoms with Crippen LogP contribution in [0.5, 0.6) is 5.88 Å². The molecular formula is C30H48N9O12PSi. The zero-order valence-electron chi connectivity index (χ0n) is 31.1. The number of nitrogens with zero attached hydrogens (tertiary/aromatic N) is 8. The number of amides is 1. The first-order chi connectivity index (χ1) is 25.1. The normalized spacial score (nSPS) is 22.6. The number of carbonyl (C=O) groups excluding carboxylic acids is 2. The molecule has 5 rings (SSSR count). The summed E-state index contributed by atoms with van der Waals surface area (Å²) in [5, 5.41) is 15.6. The summed E-state index contributed by atoms with van der Waals surface area (Å²) in [7, 11) is -4.02. The molecule has 0 spiro atoms. The number of primary amides is 1. The van der Waals surface area contributed by atoms with Crippen LogP contribution in [0.15, 0.2) is 6.20 Å². The van der Waals surface area contributed by atoms with E-state index < -0.39 is 57.4 Å². The Bertz CT molecular complexity index is 1780. The second-order valence-electron chi connectivity index (χ2n) is 14.0. The number of tetrazole rings is 1. The number of aldehydes is 1. The van der Waals surface area contributed by atoms with E-state index in [-0.39, 0.29) is 68.1 Å². The Labute approximate surface area is 306 Å². The van der Waals surface area contributed by atoms with Crippen molar-refractivity contribution >= 4 is 39.1 Å². The lowest BCUT2D eigenvalue weighted by molar-refractivity contribution is -0.207. The van der Waals surface area contributed by atoms with Gasteiger partial charge in [0.05, 0.1) is 39.0 Å². The fraction of sp³-hybridized carbons (Fsp3) is 0.733. The van der Waals surface area contributed by atoms with Gasteiger partial charge in [-0.3, -0.25) is 9.36 Å². The summed E-state index contributed by atoms with van der Waals surface area (Å²) < 4.78 is 69.7. The Kier molecular flexibility index (Phi) is 12.8. The van der Waals surface area contributed by atoms with Crippen LogP contribution in [-0.4, -0.2) is 130 Å². The highest BCUT2D eigenvalue weighted by Crippen LogP contribution is 2.62. The summed E-state index contributed by atoms with van der Waals surface area (Å²) in [5.41, 5.74) is 5.32. The molecule has 2 aliphatic rings. The minimum atomic E-state index is -4.15. The van der Waals surface area contributed by atoms with Crippen LogP contribution in [0.3, 0.4) is 0 Å². The average Bonchev–Trinajstić information content (AvgIpc) is 3.84. The molecule has 2 fully saturated rings. The van der Waals surface area contributed by atoms with Gasteiger partial charge in [0.2, 0.25) is 5.88 Å². The maximum Gasteiger partial charge on any atom is 0.411 e. The van der Waals surface area contributed by atoms with Crippen LogP contribution in [0.1, 0.15) is 50.4 Å². The lowest BCUT2D eigenvalue weighted by Crippen LogP contribution is -2.45. The molecule has 2 N–H and O–H groups in total. The Hall–Kier alpha value is -3.31. The standard InChI is InChI=1S/C30H48N9O12PSi/c1-9-46-52(42,47-10-2)30(17-43-5,13-21-35-37-38(36-21)18-44-11-12-53(6,7)8)45-16-20-23-24(51-29(3,4)50-23)27(48-20)39-25-19(14-32-39)26(49-28(31)41)34-22(15-40)33-25/h14-15,20,23-24,27H,9-13,16-18H2,1-8H3,(H2,31,41)/t20?,23-,24-,27-,30-/m1/s1. The lowest BCUT2D eigenvalue weighted by Gasteiger charge is -2.38. The number of hydrogen-bond donors (Lipinski definition) is 1. The largest absolute Gasteiger partial charge is 0.411 e. The van der Waals surface area contributed by atoms with Gasteiger partial charge >= 0.3 is 13.7 Å². The third-order valence-electron chi connectivity index (χ3n) is 8.22. The molecule has 0 bridgehead atoms. The van der Waals surface area contributed by atoms with Crippen molar-refractivity contribution < 1.29 is 56.4 Å². The molecule has 3 aromatic rings. The first kappa shape index (κ1) is 40.9. The van der Waals surface area contributed by atoms with Crippen LogP contribution in [0.25, 0.3) is 11.0 Å². The second-order valence-corrected chi connectivity index (χ2v) is 22.0. The van der Waals surface area contributed by atoms with E-state index in [0.717, 1.165) is 6.04 Å². The van der Waals surface area contributed by atoms with E-state index in [0.29, 0.717) is 12.9 Å². The quantitative estimate of drug-likeness (QED) is 0.0748. The van der Waals surface area contributed by atoms with Crippen molar-refractivity contribution in [2.75, 3.05) is 40.1 Å². The summed E-state index contributed by atoms with van der Waals surface area (Å²) in [6, 6.07) is 0.970. The second kappa shape index (κ2) is 16.6. The van der Waals surface area contributed by atoms with Gasteiger partial charge in [0.1, 0.15) is 23.7 Å². The van der Waals surface area contributed by atoms with E-state index in [4.69, 9.17) is 47.9 Å². The van der Waals surface area contributed by atoms with Gasteiger partial charge < -0.3 is 47.9 Å². The fourth-order valence-electron chi connectivity index (χ4n) is 5.97. The molecule has 23 heteroatoms. The van der Waals surface area contributed by atoms with Crippen LogP contribution < -0.4 is 10.5 Å². The van der Waals surface area contributed by atoms with Crippen molar-refractivity contribution in [2.24, 2.45) is 5.73 Å². The summed E-state index contributed by atoms with van der Waals surface area (Å²) >= 11 is 0. The molecule has 0 aliphatic carbocycles. The molecule has 0 saturated carbocycles. The van der Waals surface area contributed by atoms with E-state index in [2.05, 4.69) is 50.1 Å². The minimum Gasteiger partial charge on any atom is -0.390 e. The molecule has 3 aromatic heterocycles. The number of nitrogens with two attached hydrogens (primary N) is 1. The van der Waals surface area contributed by atoms with Crippen molar-refractivity contribution in [3.63, 3.8) is 0 Å². The number of aromatic nitrogens is 8. The molecule has 0 aromatic carbocycles. The summed E-state index contributed by atoms with van der Waals surface area (Å²) in [6.07, 6.45) is -2.97. The van der Waals surface area contributed by atoms with Crippen LogP contribution in [0.2, 0.25) is 25.7 Å². The molecular weight excluding hydrogens is 737 g/mol. The van der Waals surface area contributed by atoms with E-state index in [1.54, 1.807) is 27.7 Å². The Morgan fingerprint density at radius 1 is 1.15 bits per heavy atom. The monoisotopic (exact) mass is 785 g/mol. The van der Waals surface area contributed by atoms with Crippen LogP contribution in [0, 0.1) is 0 Å². The van der Waals surface area contributed by atoms with Crippen molar-refractivity contribution in [1.29, 1.82) is 0 Å². The molecule has 294 valence electrons. The summed E-state index contributed by atoms with van der Waals surface area (Å²) in [6.45, 7) is 13.8. The van der Waals surface area contributed by atoms with Crippen molar-refractivity contribution in [3.8, 4) is 5.88 Å². The van der Waals surface area contributed by atoms with E-state index in [1.807, 2.05) is 0 Å². The minimum absolute atomic E-state index is 0.0352. The molecule has 0 radical (unpaired) electrons. The van der Waals surface area contributed by atoms with Gasteiger partial charge in [-0.1, -0.05) is 19.6 Å². The van der Waals surface area contributed by atoms with Gasteiger partial charge in [-0.25, -0.2) is 14.5 Å². The molecule has 5 heterocycles. The number of hydrogen-bond acceptors (Lipinski definition) is 18. The topological polar surface area (TPSA) is 247 Å². The van der Waals surface area contributed by atoms with E-state index in [9.17, 15) is 14.2 Å². The van der Waals surface area contributed by atoms with Gasteiger partial charge in [0.15, 0.2) is 47.7 Å². The maximum absolute atomic E-state index is 14.7. The van der Waals surface area contributed by atoms with Crippen molar-refractivity contribution in [3.05, 3.63) is 17.8 Å².